The van der Waals surface area contributed by atoms with E-state index in [1.54, 1.807) is 0 Å². The Hall–Kier alpha value is -4.53. The first-order valence-corrected chi connectivity index (χ1v) is 21.3. The van der Waals surface area contributed by atoms with Crippen LogP contribution in [0.2, 0.25) is 0 Å². The molecule has 2 aromatic heterocycles. The number of anilines is 2. The molecular weight excluding hydrogens is 783 g/mol. The number of piperazine rings is 1. The van der Waals surface area contributed by atoms with Crippen LogP contribution >= 0.6 is 11.8 Å². The van der Waals surface area contributed by atoms with Gasteiger partial charge in [-0.1, -0.05) is 38.0 Å². The molecule has 0 bridgehead atoms. The standard InChI is InChI=1S/C40H61N9O9S/c1-3-4-5-10-44-37-36-32(45-40(42)46-37)8-12-49(36)26-30-7-6-29(23-28(30)2)25-47-13-15-48(16-14-47)35(51)9-17-56-19-21-58-22-20-57-18-11-43-34(50)24-33(39(54)55)59-27-31(41)38(52)53/h6-8,12,23,31,33H,3-5,9-11,13-22,24-27,41H2,1-2H3,(H,43,50)(H,52,53)(H,54,55)(H3,42,44,45,46)/t31-,33-/m0/s1. The van der Waals surface area contributed by atoms with E-state index in [-0.39, 0.29) is 37.2 Å². The number of unbranched alkanes of at least 4 members (excludes halogenated alkanes) is 2. The van der Waals surface area contributed by atoms with Crippen LogP contribution < -0.4 is 22.1 Å². The van der Waals surface area contributed by atoms with Gasteiger partial charge in [0.1, 0.15) is 16.8 Å². The number of carboxylic acid groups (broad SMARTS) is 2. The molecule has 19 heteroatoms. The highest BCUT2D eigenvalue weighted by atomic mass is 32.2. The van der Waals surface area contributed by atoms with Gasteiger partial charge in [0.25, 0.3) is 0 Å². The number of aromatic nitrogens is 3. The van der Waals surface area contributed by atoms with Crippen molar-refractivity contribution in [2.75, 3.05) is 95.7 Å². The van der Waals surface area contributed by atoms with E-state index in [2.05, 4.69) is 62.1 Å². The zero-order valence-corrected chi connectivity index (χ0v) is 35.1. The fourth-order valence-corrected chi connectivity index (χ4v) is 7.46. The number of amides is 2. The highest BCUT2D eigenvalue weighted by Gasteiger charge is 2.25. The summed E-state index contributed by atoms with van der Waals surface area (Å²) in [6, 6.07) is 7.42. The Morgan fingerprint density at radius 1 is 0.898 bits per heavy atom. The van der Waals surface area contributed by atoms with Crippen LogP contribution in [0.1, 0.15) is 55.7 Å². The van der Waals surface area contributed by atoms with E-state index < -0.39 is 29.1 Å². The zero-order chi connectivity index (χ0) is 42.6. The number of nitrogens with one attached hydrogen (secondary N) is 2. The quantitative estimate of drug-likeness (QED) is 0.0573. The van der Waals surface area contributed by atoms with Crippen molar-refractivity contribution in [3.63, 3.8) is 0 Å². The summed E-state index contributed by atoms with van der Waals surface area (Å²) in [5, 5.41) is 23.1. The topological polar surface area (TPSA) is 250 Å². The number of thioether (sulfide) groups is 1. The number of nitrogens with two attached hydrogens (primary N) is 2. The van der Waals surface area contributed by atoms with E-state index in [1.165, 1.54) is 16.7 Å². The van der Waals surface area contributed by atoms with Crippen molar-refractivity contribution in [2.24, 2.45) is 5.73 Å². The molecule has 0 saturated carbocycles. The summed E-state index contributed by atoms with van der Waals surface area (Å²) in [5.74, 6) is -1.94. The molecule has 1 fully saturated rings. The van der Waals surface area contributed by atoms with Crippen LogP contribution in [-0.2, 0) is 46.5 Å². The summed E-state index contributed by atoms with van der Waals surface area (Å²) in [4.78, 5) is 60.3. The number of rotatable bonds is 28. The van der Waals surface area contributed by atoms with Gasteiger partial charge in [0.15, 0.2) is 5.82 Å². The second kappa shape index (κ2) is 25.2. The number of aliphatic carboxylic acids is 2. The van der Waals surface area contributed by atoms with E-state index in [1.807, 2.05) is 17.2 Å². The smallest absolute Gasteiger partial charge is 0.321 e. The third-order valence-corrected chi connectivity index (χ3v) is 11.1. The van der Waals surface area contributed by atoms with Crippen molar-refractivity contribution in [1.29, 1.82) is 0 Å². The third kappa shape index (κ3) is 16.2. The van der Waals surface area contributed by atoms with E-state index in [0.29, 0.717) is 59.1 Å². The fourth-order valence-electron chi connectivity index (χ4n) is 6.46. The van der Waals surface area contributed by atoms with Crippen LogP contribution in [0.3, 0.4) is 0 Å². The molecule has 2 atom stereocenters. The Labute approximate surface area is 349 Å². The monoisotopic (exact) mass is 843 g/mol. The first-order valence-electron chi connectivity index (χ1n) is 20.2. The molecule has 0 spiro atoms. The molecule has 3 heterocycles. The highest BCUT2D eigenvalue weighted by Crippen LogP contribution is 2.25. The first-order chi connectivity index (χ1) is 28.4. The van der Waals surface area contributed by atoms with Crippen LogP contribution in [-0.4, -0.2) is 154 Å². The van der Waals surface area contributed by atoms with Crippen molar-refractivity contribution in [1.82, 2.24) is 29.7 Å². The molecule has 1 saturated heterocycles. The van der Waals surface area contributed by atoms with Gasteiger partial charge in [-0.3, -0.25) is 24.1 Å². The van der Waals surface area contributed by atoms with Gasteiger partial charge in [-0.05, 0) is 36.1 Å². The molecule has 0 radical (unpaired) electrons. The Kier molecular flexibility index (Phi) is 20.1. The summed E-state index contributed by atoms with van der Waals surface area (Å²) in [7, 11) is 0. The number of hydrogen-bond acceptors (Lipinski definition) is 14. The highest BCUT2D eigenvalue weighted by molar-refractivity contribution is 8.00. The predicted molar refractivity (Wildman–Crippen MR) is 226 cm³/mol. The minimum atomic E-state index is -1.24. The molecule has 0 aliphatic carbocycles. The van der Waals surface area contributed by atoms with Gasteiger partial charge in [0, 0.05) is 70.7 Å². The maximum atomic E-state index is 12.8. The summed E-state index contributed by atoms with van der Waals surface area (Å²) in [6.07, 6.45) is 5.42. The van der Waals surface area contributed by atoms with E-state index in [0.717, 1.165) is 74.1 Å². The Morgan fingerprint density at radius 2 is 1.61 bits per heavy atom. The van der Waals surface area contributed by atoms with Crippen LogP contribution in [0.25, 0.3) is 11.0 Å². The van der Waals surface area contributed by atoms with E-state index >= 15 is 0 Å². The number of carboxylic acids is 2. The molecular formula is C40H61N9O9S. The second-order valence-electron chi connectivity index (χ2n) is 14.4. The lowest BCUT2D eigenvalue weighted by Crippen LogP contribution is -2.48. The average molecular weight is 844 g/mol. The van der Waals surface area contributed by atoms with Gasteiger partial charge >= 0.3 is 11.9 Å². The summed E-state index contributed by atoms with van der Waals surface area (Å²) < 4.78 is 18.7. The number of fused-ring (bicyclic) bond motifs is 1. The number of carbonyl (C=O) groups is 4. The number of ether oxygens (including phenoxy) is 3. The second-order valence-corrected chi connectivity index (χ2v) is 15.6. The number of carbonyl (C=O) groups excluding carboxylic acids is 2. The molecule has 326 valence electrons. The Balaban J connectivity index is 1.04. The lowest BCUT2D eigenvalue weighted by molar-refractivity contribution is -0.139. The van der Waals surface area contributed by atoms with Gasteiger partial charge in [-0.15, -0.1) is 11.8 Å². The largest absolute Gasteiger partial charge is 0.480 e. The molecule has 0 unspecified atom stereocenters. The number of aryl methyl sites for hydroxylation is 1. The van der Waals surface area contributed by atoms with Crippen molar-refractivity contribution < 1.29 is 43.6 Å². The van der Waals surface area contributed by atoms with Crippen molar-refractivity contribution >= 4 is 58.3 Å². The Morgan fingerprint density at radius 3 is 2.29 bits per heavy atom. The summed E-state index contributed by atoms with van der Waals surface area (Å²) >= 11 is 0.815. The molecule has 18 nitrogen and oxygen atoms in total. The maximum absolute atomic E-state index is 12.8. The van der Waals surface area contributed by atoms with Crippen LogP contribution in [0.15, 0.2) is 30.5 Å². The molecule has 59 heavy (non-hydrogen) atoms. The molecule has 1 aliphatic rings. The maximum Gasteiger partial charge on any atom is 0.321 e. The lowest BCUT2D eigenvalue weighted by Gasteiger charge is -2.35. The number of nitrogen functional groups attached to an aromatic ring is 1. The predicted octanol–water partition coefficient (Wildman–Crippen LogP) is 2.16. The number of hydrogen-bond donors (Lipinski definition) is 6. The minimum Gasteiger partial charge on any atom is -0.480 e. The number of nitrogens with zero attached hydrogens (tertiary/aromatic N) is 5. The average Bonchev–Trinajstić information content (AvgIpc) is 3.61. The van der Waals surface area contributed by atoms with E-state index in [4.69, 9.17) is 30.8 Å². The molecule has 3 aromatic rings. The molecule has 4 rings (SSSR count). The van der Waals surface area contributed by atoms with Gasteiger partial charge in [0.05, 0.1) is 51.6 Å². The zero-order valence-electron chi connectivity index (χ0n) is 34.2. The van der Waals surface area contributed by atoms with Crippen LogP contribution in [0, 0.1) is 6.92 Å². The lowest BCUT2D eigenvalue weighted by atomic mass is 10.0. The van der Waals surface area contributed by atoms with Gasteiger partial charge < -0.3 is 56.0 Å². The fraction of sp³-hybridized carbons (Fsp3) is 0.600. The van der Waals surface area contributed by atoms with Gasteiger partial charge in [0.2, 0.25) is 17.8 Å². The van der Waals surface area contributed by atoms with Crippen molar-refractivity contribution in [3.05, 3.63) is 47.2 Å². The summed E-state index contributed by atoms with van der Waals surface area (Å²) in [6.45, 7) is 11.7. The first kappa shape index (κ1) is 47.2. The number of benzene rings is 1. The van der Waals surface area contributed by atoms with Crippen LogP contribution in [0.5, 0.6) is 0 Å². The minimum absolute atomic E-state index is 0.0795. The molecule has 8 N–H and O–H groups in total. The molecule has 2 amide bonds. The van der Waals surface area contributed by atoms with Crippen LogP contribution in [0.4, 0.5) is 11.8 Å². The molecule has 1 aliphatic heterocycles. The summed E-state index contributed by atoms with van der Waals surface area (Å²) in [5.41, 5.74) is 16.9. The normalized spacial score (nSPS) is 14.3. The van der Waals surface area contributed by atoms with Gasteiger partial charge in [-0.25, -0.2) is 4.98 Å². The van der Waals surface area contributed by atoms with E-state index in [9.17, 15) is 24.3 Å². The Bertz CT molecular complexity index is 1810. The molecule has 1 aromatic carbocycles. The van der Waals surface area contributed by atoms with Crippen molar-refractivity contribution in [3.8, 4) is 0 Å². The SMILES string of the molecule is CCCCCNc1nc(N)nc2ccn(Cc3ccc(CN4CCN(C(=O)CCOCCOCCOCCNC(=O)C[C@H](SC[C@H](N)C(=O)O)C(=O)O)CC4)cc3C)c12. The third-order valence-electron chi connectivity index (χ3n) is 9.79. The van der Waals surface area contributed by atoms with Crippen molar-refractivity contribution in [2.45, 2.75) is 70.3 Å². The van der Waals surface area contributed by atoms with Gasteiger partial charge in [-0.2, -0.15) is 4.98 Å².